The highest BCUT2D eigenvalue weighted by atomic mass is 35.5. The Balaban J connectivity index is 1.33. The molecule has 7 heteroatoms. The number of amidine groups is 1. The van der Waals surface area contributed by atoms with Crippen molar-refractivity contribution in [3.8, 4) is 17.2 Å². The monoisotopic (exact) mass is 544 g/mol. The van der Waals surface area contributed by atoms with Gasteiger partial charge >= 0.3 is 0 Å². The van der Waals surface area contributed by atoms with Crippen LogP contribution >= 0.6 is 11.6 Å². The van der Waals surface area contributed by atoms with Crippen LogP contribution in [0.25, 0.3) is 11.1 Å². The quantitative estimate of drug-likeness (QED) is 0.236. The van der Waals surface area contributed by atoms with E-state index in [1.54, 1.807) is 6.07 Å². The molecule has 0 bridgehead atoms. The van der Waals surface area contributed by atoms with E-state index >= 15 is 0 Å². The lowest BCUT2D eigenvalue weighted by molar-refractivity contribution is 0.000523. The average Bonchev–Trinajstić information content (AvgIpc) is 3.51. The minimum Gasteiger partial charge on any atom is -0.385 e. The summed E-state index contributed by atoms with van der Waals surface area (Å²) in [6.07, 6.45) is 7.31. The van der Waals surface area contributed by atoms with E-state index in [9.17, 15) is 9.65 Å². The van der Waals surface area contributed by atoms with Crippen LogP contribution in [0.15, 0.2) is 71.7 Å². The van der Waals surface area contributed by atoms with E-state index in [1.807, 2.05) is 24.3 Å². The van der Waals surface area contributed by atoms with Crippen molar-refractivity contribution in [2.24, 2.45) is 16.6 Å². The molecule has 5 nitrogen and oxygen atoms in total. The second kappa shape index (κ2) is 12.7. The normalized spacial score (nSPS) is 18.2. The van der Waals surface area contributed by atoms with Crippen LogP contribution < -0.4 is 5.73 Å². The van der Waals surface area contributed by atoms with Gasteiger partial charge < -0.3 is 15.4 Å². The summed E-state index contributed by atoms with van der Waals surface area (Å²) in [5, 5.41) is 9.32. The summed E-state index contributed by atoms with van der Waals surface area (Å²) in [4.78, 5) is 7.01. The van der Waals surface area contributed by atoms with Gasteiger partial charge in [-0.15, -0.1) is 0 Å². The molecule has 2 aliphatic rings. The summed E-state index contributed by atoms with van der Waals surface area (Å²) in [5.41, 5.74) is 10.4. The van der Waals surface area contributed by atoms with Gasteiger partial charge in [-0.2, -0.15) is 5.26 Å². The third kappa shape index (κ3) is 6.86. The molecule has 0 radical (unpaired) electrons. The third-order valence-electron chi connectivity index (χ3n) is 7.99. The Morgan fingerprint density at radius 2 is 1.77 bits per heavy atom. The highest BCUT2D eigenvalue weighted by Crippen LogP contribution is 2.37. The third-order valence-corrected chi connectivity index (χ3v) is 8.30. The second-order valence-electron chi connectivity index (χ2n) is 10.6. The molecule has 2 fully saturated rings. The Morgan fingerprint density at radius 3 is 2.46 bits per heavy atom. The average molecular weight is 545 g/mol. The first-order valence-corrected chi connectivity index (χ1v) is 14.1. The molecule has 1 aliphatic heterocycles. The van der Waals surface area contributed by atoms with Crippen molar-refractivity contribution < 1.29 is 9.13 Å². The molecule has 2 N–H and O–H groups in total. The van der Waals surface area contributed by atoms with Gasteiger partial charge in [0.2, 0.25) is 0 Å². The number of likely N-dealkylation sites (tertiary alicyclic amines) is 1. The molecule has 0 spiro atoms. The van der Waals surface area contributed by atoms with Crippen LogP contribution in [0.1, 0.15) is 55.8 Å². The van der Waals surface area contributed by atoms with Gasteiger partial charge in [0.25, 0.3) is 0 Å². The maximum absolute atomic E-state index is 13.9. The van der Waals surface area contributed by atoms with Crippen molar-refractivity contribution in [1.82, 2.24) is 4.90 Å². The van der Waals surface area contributed by atoms with Gasteiger partial charge in [0, 0.05) is 12.1 Å². The number of hydrogen-bond acceptors (Lipinski definition) is 4. The Labute approximate surface area is 235 Å². The van der Waals surface area contributed by atoms with Gasteiger partial charge in [-0.3, -0.25) is 0 Å². The zero-order chi connectivity index (χ0) is 27.2. The van der Waals surface area contributed by atoms with E-state index in [0.29, 0.717) is 17.2 Å². The minimum atomic E-state index is -0.529. The molecular formula is C32H34ClFN4O. The maximum Gasteiger partial charge on any atom is 0.143 e. The molecule has 1 unspecified atom stereocenters. The van der Waals surface area contributed by atoms with Crippen LogP contribution in [-0.2, 0) is 4.74 Å². The van der Waals surface area contributed by atoms with Crippen molar-refractivity contribution in [3.63, 3.8) is 0 Å². The van der Waals surface area contributed by atoms with Crippen molar-refractivity contribution in [2.75, 3.05) is 19.7 Å². The van der Waals surface area contributed by atoms with Crippen molar-refractivity contribution in [1.29, 1.82) is 5.26 Å². The van der Waals surface area contributed by atoms with Gasteiger partial charge in [0.1, 0.15) is 18.3 Å². The van der Waals surface area contributed by atoms with Crippen LogP contribution in [0.3, 0.4) is 0 Å². The number of ether oxygens (including phenoxy) is 1. The number of halogens is 2. The molecule has 1 heterocycles. The number of nitrogens with zero attached hydrogens (tertiary/aromatic N) is 3. The zero-order valence-corrected chi connectivity index (χ0v) is 22.8. The number of nitriles is 1. The van der Waals surface area contributed by atoms with Crippen molar-refractivity contribution in [2.45, 2.75) is 50.7 Å². The number of rotatable bonds is 8. The minimum absolute atomic E-state index is 0.0515. The van der Waals surface area contributed by atoms with Crippen LogP contribution in [-0.4, -0.2) is 36.5 Å². The van der Waals surface area contributed by atoms with Crippen molar-refractivity contribution in [3.05, 3.63) is 88.7 Å². The Hall–Kier alpha value is -3.24. The highest BCUT2D eigenvalue weighted by molar-refractivity contribution is 6.30. The summed E-state index contributed by atoms with van der Waals surface area (Å²) in [6.45, 7) is 2.31. The standard InChI is InChI=1S/C32H34ClFN4O/c33-29-13-12-27(19-30(29)34)37-31(36)21-39-32(25-14-16-38(17-15-25)28-6-1-2-7-28)24-10-8-23(9-11-24)26-5-3-4-22(18-26)20-35/h3-5,8-13,18-19,25,28,32H,1-2,6-7,14-17,21H2,(H2,36,37). The number of benzene rings is 3. The van der Waals surface area contributed by atoms with E-state index < -0.39 is 5.82 Å². The largest absolute Gasteiger partial charge is 0.385 e. The van der Waals surface area contributed by atoms with E-state index in [0.717, 1.165) is 48.7 Å². The molecular weight excluding hydrogens is 511 g/mol. The van der Waals surface area contributed by atoms with Gasteiger partial charge in [0.05, 0.1) is 28.4 Å². The van der Waals surface area contributed by atoms with E-state index in [2.05, 4.69) is 40.2 Å². The first kappa shape index (κ1) is 27.3. The Morgan fingerprint density at radius 1 is 1.03 bits per heavy atom. The SMILES string of the molecule is N#Cc1cccc(-c2ccc(C(OCC(N)=Nc3ccc(Cl)c(F)c3)C3CCN(C4CCCC4)CC3)cc2)c1. The van der Waals surface area contributed by atoms with Crippen LogP contribution in [0.2, 0.25) is 5.02 Å². The summed E-state index contributed by atoms with van der Waals surface area (Å²) in [6, 6.07) is 23.3. The topological polar surface area (TPSA) is 74.6 Å². The molecule has 5 rings (SSSR count). The van der Waals surface area contributed by atoms with E-state index in [-0.39, 0.29) is 23.6 Å². The predicted octanol–water partition coefficient (Wildman–Crippen LogP) is 7.42. The first-order chi connectivity index (χ1) is 19.0. The summed E-state index contributed by atoms with van der Waals surface area (Å²) < 4.78 is 20.3. The highest BCUT2D eigenvalue weighted by Gasteiger charge is 2.32. The van der Waals surface area contributed by atoms with Gasteiger partial charge in [-0.25, -0.2) is 9.38 Å². The predicted molar refractivity (Wildman–Crippen MR) is 155 cm³/mol. The Kier molecular flexibility index (Phi) is 8.93. The Bertz CT molecular complexity index is 1340. The summed E-state index contributed by atoms with van der Waals surface area (Å²) >= 11 is 5.79. The zero-order valence-electron chi connectivity index (χ0n) is 22.0. The number of nitrogens with two attached hydrogens (primary N) is 1. The first-order valence-electron chi connectivity index (χ1n) is 13.7. The molecule has 3 aromatic carbocycles. The molecule has 1 saturated carbocycles. The van der Waals surface area contributed by atoms with E-state index in [4.69, 9.17) is 22.1 Å². The summed E-state index contributed by atoms with van der Waals surface area (Å²) in [5.74, 6) is 0.116. The maximum atomic E-state index is 13.9. The van der Waals surface area contributed by atoms with Gasteiger partial charge in [-0.1, -0.05) is 60.8 Å². The fourth-order valence-corrected chi connectivity index (χ4v) is 6.04. The fraction of sp³-hybridized carbons (Fsp3) is 0.375. The molecule has 202 valence electrons. The number of aliphatic imine (C=N–C) groups is 1. The fourth-order valence-electron chi connectivity index (χ4n) is 5.92. The second-order valence-corrected chi connectivity index (χ2v) is 11.0. The van der Waals surface area contributed by atoms with Crippen LogP contribution in [0.4, 0.5) is 10.1 Å². The van der Waals surface area contributed by atoms with E-state index in [1.165, 1.54) is 37.8 Å². The van der Waals surface area contributed by atoms with Crippen LogP contribution in [0.5, 0.6) is 0 Å². The summed E-state index contributed by atoms with van der Waals surface area (Å²) in [7, 11) is 0. The molecule has 39 heavy (non-hydrogen) atoms. The smallest absolute Gasteiger partial charge is 0.143 e. The molecule has 0 aromatic heterocycles. The number of hydrogen-bond donors (Lipinski definition) is 1. The van der Waals surface area contributed by atoms with Gasteiger partial charge in [0.15, 0.2) is 0 Å². The lowest BCUT2D eigenvalue weighted by atomic mass is 9.86. The molecule has 1 aliphatic carbocycles. The molecule has 1 atom stereocenters. The van der Waals surface area contributed by atoms with Gasteiger partial charge in [-0.05, 0) is 85.6 Å². The lowest BCUT2D eigenvalue weighted by Gasteiger charge is -2.39. The molecule has 3 aromatic rings. The molecule has 0 amide bonds. The lowest BCUT2D eigenvalue weighted by Crippen LogP contribution is -2.41. The number of piperidine rings is 1. The van der Waals surface area contributed by atoms with Crippen molar-refractivity contribution >= 4 is 23.1 Å². The van der Waals surface area contributed by atoms with Crippen LogP contribution in [0, 0.1) is 23.1 Å². The molecule has 1 saturated heterocycles.